The van der Waals surface area contributed by atoms with Crippen molar-refractivity contribution in [3.8, 4) is 5.75 Å². The fourth-order valence-corrected chi connectivity index (χ4v) is 1.87. The normalized spacial score (nSPS) is 10.7. The Morgan fingerprint density at radius 2 is 1.76 bits per heavy atom. The molecule has 0 aliphatic heterocycles. The highest BCUT2D eigenvalue weighted by atomic mass is 19.2. The summed E-state index contributed by atoms with van der Waals surface area (Å²) in [6.07, 6.45) is 0. The summed E-state index contributed by atoms with van der Waals surface area (Å²) in [5.74, 6) is -1.88. The Hall–Kier alpha value is -2.01. The third-order valence-corrected chi connectivity index (χ3v) is 2.90. The van der Waals surface area contributed by atoms with Crippen molar-refractivity contribution in [2.24, 2.45) is 0 Å². The molecule has 0 saturated carbocycles. The van der Waals surface area contributed by atoms with Crippen LogP contribution in [0, 0.1) is 17.5 Å². The van der Waals surface area contributed by atoms with Gasteiger partial charge in [-0.1, -0.05) is 13.0 Å². The van der Waals surface area contributed by atoms with E-state index in [1.807, 2.05) is 6.92 Å². The molecule has 0 amide bonds. The molecule has 21 heavy (non-hydrogen) atoms. The maximum atomic E-state index is 13.5. The number of ether oxygens (including phenoxy) is 1. The molecular weight excluding hydrogens is 279 g/mol. The Labute approximate surface area is 121 Å². The van der Waals surface area contributed by atoms with Crippen molar-refractivity contribution in [3.63, 3.8) is 0 Å². The second kappa shape index (κ2) is 7.13. The molecule has 0 radical (unpaired) electrons. The van der Waals surface area contributed by atoms with Crippen LogP contribution in [0.15, 0.2) is 36.4 Å². The van der Waals surface area contributed by atoms with Crippen molar-refractivity contribution >= 4 is 0 Å². The summed E-state index contributed by atoms with van der Waals surface area (Å²) in [7, 11) is 0. The van der Waals surface area contributed by atoms with Gasteiger partial charge in [0, 0.05) is 12.6 Å². The van der Waals surface area contributed by atoms with E-state index in [4.69, 9.17) is 4.74 Å². The molecule has 0 heterocycles. The average molecular weight is 295 g/mol. The van der Waals surface area contributed by atoms with Crippen LogP contribution < -0.4 is 10.1 Å². The third-order valence-electron chi connectivity index (χ3n) is 2.90. The first-order valence-electron chi connectivity index (χ1n) is 6.65. The van der Waals surface area contributed by atoms with Gasteiger partial charge in [-0.2, -0.15) is 0 Å². The molecule has 2 aromatic rings. The van der Waals surface area contributed by atoms with Crippen LogP contribution in [0.2, 0.25) is 0 Å². The topological polar surface area (TPSA) is 21.3 Å². The maximum absolute atomic E-state index is 13.5. The average Bonchev–Trinajstić information content (AvgIpc) is 2.46. The Balaban J connectivity index is 2.05. The van der Waals surface area contributed by atoms with Crippen LogP contribution in [0.1, 0.15) is 18.1 Å². The molecule has 0 fully saturated rings. The second-order valence-corrected chi connectivity index (χ2v) is 4.61. The summed E-state index contributed by atoms with van der Waals surface area (Å²) in [5, 5.41) is 3.09. The molecule has 0 bridgehead atoms. The molecule has 0 aliphatic carbocycles. The lowest BCUT2D eigenvalue weighted by molar-refractivity contribution is 0.303. The fraction of sp³-hybridized carbons (Fsp3) is 0.250. The van der Waals surface area contributed by atoms with Gasteiger partial charge in [-0.25, -0.2) is 13.2 Å². The van der Waals surface area contributed by atoms with Crippen LogP contribution in [0.4, 0.5) is 13.2 Å². The number of nitrogens with one attached hydrogen (secondary N) is 1. The zero-order valence-corrected chi connectivity index (χ0v) is 11.6. The van der Waals surface area contributed by atoms with Crippen LogP contribution >= 0.6 is 0 Å². The summed E-state index contributed by atoms with van der Waals surface area (Å²) in [4.78, 5) is 0. The lowest BCUT2D eigenvalue weighted by Gasteiger charge is -2.09. The zero-order chi connectivity index (χ0) is 15.2. The summed E-state index contributed by atoms with van der Waals surface area (Å²) >= 11 is 0. The van der Waals surface area contributed by atoms with E-state index in [-0.39, 0.29) is 6.61 Å². The summed E-state index contributed by atoms with van der Waals surface area (Å²) in [5.41, 5.74) is 1.24. The van der Waals surface area contributed by atoms with Gasteiger partial charge in [-0.15, -0.1) is 0 Å². The van der Waals surface area contributed by atoms with E-state index in [1.54, 1.807) is 6.07 Å². The first-order valence-corrected chi connectivity index (χ1v) is 6.65. The highest BCUT2D eigenvalue weighted by Gasteiger charge is 2.05. The monoisotopic (exact) mass is 295 g/mol. The fourth-order valence-electron chi connectivity index (χ4n) is 1.87. The lowest BCUT2D eigenvalue weighted by atomic mass is 10.2. The van der Waals surface area contributed by atoms with E-state index in [1.165, 1.54) is 18.2 Å². The number of benzene rings is 2. The van der Waals surface area contributed by atoms with Gasteiger partial charge in [-0.05, 0) is 41.9 Å². The van der Waals surface area contributed by atoms with E-state index in [9.17, 15) is 13.2 Å². The zero-order valence-electron chi connectivity index (χ0n) is 11.6. The highest BCUT2D eigenvalue weighted by molar-refractivity contribution is 5.30. The molecule has 2 rings (SSSR count). The second-order valence-electron chi connectivity index (χ2n) is 4.61. The summed E-state index contributed by atoms with van der Waals surface area (Å²) in [6, 6.07) is 7.93. The molecule has 1 N–H and O–H groups in total. The molecule has 5 heteroatoms. The first-order chi connectivity index (χ1) is 10.1. The van der Waals surface area contributed by atoms with Crippen LogP contribution in [0.3, 0.4) is 0 Å². The molecule has 0 aromatic heterocycles. The lowest BCUT2D eigenvalue weighted by Crippen LogP contribution is -2.12. The Morgan fingerprint density at radius 1 is 0.952 bits per heavy atom. The van der Waals surface area contributed by atoms with Crippen LogP contribution in [0.5, 0.6) is 5.75 Å². The number of halogens is 3. The highest BCUT2D eigenvalue weighted by Crippen LogP contribution is 2.18. The maximum Gasteiger partial charge on any atom is 0.159 e. The van der Waals surface area contributed by atoms with E-state index in [0.717, 1.165) is 24.2 Å². The minimum Gasteiger partial charge on any atom is -0.489 e. The van der Waals surface area contributed by atoms with Crippen molar-refractivity contribution in [1.29, 1.82) is 0 Å². The van der Waals surface area contributed by atoms with Crippen molar-refractivity contribution in [2.75, 3.05) is 6.54 Å². The van der Waals surface area contributed by atoms with E-state index in [0.29, 0.717) is 17.9 Å². The Bertz CT molecular complexity index is 616. The molecule has 0 aliphatic rings. The minimum absolute atomic E-state index is 0.0430. The van der Waals surface area contributed by atoms with E-state index in [2.05, 4.69) is 5.32 Å². The van der Waals surface area contributed by atoms with Crippen molar-refractivity contribution < 1.29 is 17.9 Å². The molecule has 112 valence electrons. The summed E-state index contributed by atoms with van der Waals surface area (Å²) < 4.78 is 44.8. The van der Waals surface area contributed by atoms with Gasteiger partial charge < -0.3 is 10.1 Å². The van der Waals surface area contributed by atoms with Gasteiger partial charge in [0.05, 0.1) is 0 Å². The minimum atomic E-state index is -0.928. The number of rotatable bonds is 6. The quantitative estimate of drug-likeness (QED) is 0.875. The Kier molecular flexibility index (Phi) is 5.22. The Morgan fingerprint density at radius 3 is 2.48 bits per heavy atom. The van der Waals surface area contributed by atoms with Gasteiger partial charge in [0.1, 0.15) is 18.2 Å². The largest absolute Gasteiger partial charge is 0.489 e. The number of hydrogen-bond acceptors (Lipinski definition) is 2. The van der Waals surface area contributed by atoms with E-state index >= 15 is 0 Å². The summed E-state index contributed by atoms with van der Waals surface area (Å²) in [6.45, 7) is 3.32. The smallest absolute Gasteiger partial charge is 0.159 e. The SMILES string of the molecule is CCNCc1cc(F)cc(OCc2ccc(F)c(F)c2)c1. The molecular formula is C16H16F3NO. The molecule has 2 nitrogen and oxygen atoms in total. The van der Waals surface area contributed by atoms with Gasteiger partial charge in [0.2, 0.25) is 0 Å². The van der Waals surface area contributed by atoms with Crippen molar-refractivity contribution in [1.82, 2.24) is 5.32 Å². The van der Waals surface area contributed by atoms with Crippen molar-refractivity contribution in [3.05, 3.63) is 65.0 Å². The van der Waals surface area contributed by atoms with Crippen LogP contribution in [-0.2, 0) is 13.2 Å². The molecule has 0 unspecified atom stereocenters. The first kappa shape index (κ1) is 15.4. The number of hydrogen-bond donors (Lipinski definition) is 1. The molecule has 0 saturated heterocycles. The van der Waals surface area contributed by atoms with E-state index < -0.39 is 17.5 Å². The van der Waals surface area contributed by atoms with Crippen molar-refractivity contribution in [2.45, 2.75) is 20.1 Å². The molecule has 0 atom stereocenters. The standard InChI is InChI=1S/C16H16F3NO/c1-2-20-9-12-5-13(17)8-14(6-12)21-10-11-3-4-15(18)16(19)7-11/h3-8,20H,2,9-10H2,1H3. The predicted molar refractivity (Wildman–Crippen MR) is 74.5 cm³/mol. The molecule has 0 spiro atoms. The van der Waals surface area contributed by atoms with Crippen LogP contribution in [-0.4, -0.2) is 6.54 Å². The van der Waals surface area contributed by atoms with Gasteiger partial charge in [0.25, 0.3) is 0 Å². The van der Waals surface area contributed by atoms with Gasteiger partial charge >= 0.3 is 0 Å². The molecule has 2 aromatic carbocycles. The van der Waals surface area contributed by atoms with Crippen LogP contribution in [0.25, 0.3) is 0 Å². The van der Waals surface area contributed by atoms with Gasteiger partial charge in [-0.3, -0.25) is 0 Å². The predicted octanol–water partition coefficient (Wildman–Crippen LogP) is 3.79. The third kappa shape index (κ3) is 4.49. The van der Waals surface area contributed by atoms with Gasteiger partial charge in [0.15, 0.2) is 11.6 Å².